The van der Waals surface area contributed by atoms with Gasteiger partial charge in [0.05, 0.1) is 12.1 Å². The first-order valence-electron chi connectivity index (χ1n) is 16.0. The van der Waals surface area contributed by atoms with E-state index in [1.807, 2.05) is 18.5 Å². The van der Waals surface area contributed by atoms with Crippen LogP contribution in [0.4, 0.5) is 0 Å². The van der Waals surface area contributed by atoms with Gasteiger partial charge in [0.25, 0.3) is 0 Å². The molecule has 0 saturated heterocycles. The number of aryl methyl sites for hydroxylation is 1. The summed E-state index contributed by atoms with van der Waals surface area (Å²) in [5.74, 6) is 0.712. The van der Waals surface area contributed by atoms with Gasteiger partial charge in [0.15, 0.2) is 0 Å². The van der Waals surface area contributed by atoms with Gasteiger partial charge in [-0.05, 0) is 85.0 Å². The Kier molecular flexibility index (Phi) is 14.3. The Morgan fingerprint density at radius 3 is 1.49 bits per heavy atom. The molecule has 1 aliphatic rings. The SMILES string of the molecule is CCC(C)(CC)c1cc(C)cc(C=NC2CCCCC2N=Cc2cc(C(C)(C)C)cc(C(C)(CC)CC)c2O)c1O.[CH3-].[Co]. The summed E-state index contributed by atoms with van der Waals surface area (Å²) in [7, 11) is 0. The van der Waals surface area contributed by atoms with Gasteiger partial charge in [-0.15, -0.1) is 0 Å². The van der Waals surface area contributed by atoms with Crippen molar-refractivity contribution >= 4 is 12.4 Å². The Morgan fingerprint density at radius 1 is 0.698 bits per heavy atom. The molecule has 4 nitrogen and oxygen atoms in total. The molecule has 243 valence electrons. The Balaban J connectivity index is 0.00000462. The Bertz CT molecular complexity index is 1250. The molecule has 2 N–H and O–H groups in total. The van der Waals surface area contributed by atoms with Crippen molar-refractivity contribution in [3.05, 3.63) is 65.1 Å². The number of hydrogen-bond donors (Lipinski definition) is 2. The number of phenols is 2. The number of phenolic OH excluding ortho intramolecular Hbond substituents is 2. The monoisotopic (exact) mass is 634 g/mol. The summed E-state index contributed by atoms with van der Waals surface area (Å²) in [5, 5.41) is 22.7. The fraction of sp³-hybridized carbons (Fsp3) is 0.605. The fourth-order valence-corrected chi connectivity index (χ4v) is 6.07. The van der Waals surface area contributed by atoms with E-state index in [4.69, 9.17) is 9.98 Å². The molecule has 1 radical (unpaired) electrons. The van der Waals surface area contributed by atoms with Crippen LogP contribution in [-0.4, -0.2) is 34.7 Å². The van der Waals surface area contributed by atoms with Crippen LogP contribution in [0, 0.1) is 14.4 Å². The normalized spacial score (nSPS) is 18.1. The maximum absolute atomic E-state index is 11.5. The molecule has 0 amide bonds. The van der Waals surface area contributed by atoms with Gasteiger partial charge < -0.3 is 17.6 Å². The van der Waals surface area contributed by atoms with Crippen LogP contribution in [-0.2, 0) is 33.0 Å². The van der Waals surface area contributed by atoms with E-state index in [9.17, 15) is 10.2 Å². The van der Waals surface area contributed by atoms with Gasteiger partial charge in [0, 0.05) is 51.5 Å². The fourth-order valence-electron chi connectivity index (χ4n) is 6.07. The van der Waals surface area contributed by atoms with E-state index >= 15 is 0 Å². The third-order valence-electron chi connectivity index (χ3n) is 10.2. The predicted molar refractivity (Wildman–Crippen MR) is 183 cm³/mol. The van der Waals surface area contributed by atoms with Crippen molar-refractivity contribution in [2.45, 2.75) is 149 Å². The average Bonchev–Trinajstić information content (AvgIpc) is 2.95. The molecule has 43 heavy (non-hydrogen) atoms. The van der Waals surface area contributed by atoms with Crippen LogP contribution in [0.2, 0.25) is 0 Å². The molecule has 0 aliphatic heterocycles. The van der Waals surface area contributed by atoms with Gasteiger partial charge >= 0.3 is 0 Å². The Hall–Kier alpha value is -2.11. The number of rotatable bonds is 10. The number of aromatic hydroxyl groups is 2. The van der Waals surface area contributed by atoms with Crippen molar-refractivity contribution in [1.29, 1.82) is 0 Å². The predicted octanol–water partition coefficient (Wildman–Crippen LogP) is 10.2. The minimum atomic E-state index is -0.0914. The third-order valence-corrected chi connectivity index (χ3v) is 10.2. The minimum absolute atomic E-state index is 0. The first-order chi connectivity index (χ1) is 19.2. The van der Waals surface area contributed by atoms with Crippen LogP contribution in [0.5, 0.6) is 11.5 Å². The zero-order chi connectivity index (χ0) is 30.6. The van der Waals surface area contributed by atoms with Gasteiger partial charge in [-0.3, -0.25) is 9.98 Å². The molecule has 1 fully saturated rings. The molecular formula is C38H59CoN2O2-. The van der Waals surface area contributed by atoms with Crippen LogP contribution >= 0.6 is 0 Å². The summed E-state index contributed by atoms with van der Waals surface area (Å²) in [6.07, 6.45) is 11.8. The number of benzene rings is 2. The molecule has 5 heteroatoms. The molecule has 2 unspecified atom stereocenters. The summed E-state index contributed by atoms with van der Waals surface area (Å²) in [6.45, 7) is 22.0. The van der Waals surface area contributed by atoms with Gasteiger partial charge in [-0.1, -0.05) is 87.3 Å². The summed E-state index contributed by atoms with van der Waals surface area (Å²) >= 11 is 0. The molecule has 1 saturated carbocycles. The molecule has 0 spiro atoms. The smallest absolute Gasteiger partial charge is 0.128 e. The second kappa shape index (κ2) is 15.7. The van der Waals surface area contributed by atoms with Crippen molar-refractivity contribution in [2.75, 3.05) is 0 Å². The van der Waals surface area contributed by atoms with E-state index in [2.05, 4.69) is 87.4 Å². The van der Waals surface area contributed by atoms with Crippen molar-refractivity contribution in [3.8, 4) is 11.5 Å². The van der Waals surface area contributed by atoms with E-state index < -0.39 is 0 Å². The molecule has 2 aromatic carbocycles. The molecule has 3 rings (SSSR count). The molecule has 0 aromatic heterocycles. The zero-order valence-corrected chi connectivity index (χ0v) is 29.9. The first-order valence-corrected chi connectivity index (χ1v) is 16.0. The number of hydrogen-bond acceptors (Lipinski definition) is 4. The maximum Gasteiger partial charge on any atom is 0.128 e. The van der Waals surface area contributed by atoms with Gasteiger partial charge in [-0.25, -0.2) is 0 Å². The van der Waals surface area contributed by atoms with E-state index in [1.165, 1.54) is 5.56 Å². The van der Waals surface area contributed by atoms with E-state index in [0.29, 0.717) is 11.5 Å². The van der Waals surface area contributed by atoms with E-state index in [0.717, 1.165) is 79.2 Å². The Labute approximate surface area is 274 Å². The topological polar surface area (TPSA) is 65.2 Å². The van der Waals surface area contributed by atoms with Gasteiger partial charge in [0.2, 0.25) is 0 Å². The molecular weight excluding hydrogens is 575 g/mol. The zero-order valence-electron chi connectivity index (χ0n) is 28.9. The van der Waals surface area contributed by atoms with Gasteiger partial charge in [-0.2, -0.15) is 0 Å². The summed E-state index contributed by atoms with van der Waals surface area (Å²) in [6, 6.07) is 8.58. The van der Waals surface area contributed by atoms with Crippen LogP contribution in [0.25, 0.3) is 0 Å². The van der Waals surface area contributed by atoms with Crippen LogP contribution in [0.15, 0.2) is 34.3 Å². The number of nitrogens with zero attached hydrogens (tertiary/aromatic N) is 2. The van der Waals surface area contributed by atoms with Crippen LogP contribution < -0.4 is 0 Å². The largest absolute Gasteiger partial charge is 0.507 e. The molecule has 0 bridgehead atoms. The third kappa shape index (κ3) is 8.75. The van der Waals surface area contributed by atoms with Crippen LogP contribution in [0.3, 0.4) is 0 Å². The summed E-state index contributed by atoms with van der Waals surface area (Å²) in [5.41, 5.74) is 5.79. The summed E-state index contributed by atoms with van der Waals surface area (Å²) < 4.78 is 0. The minimum Gasteiger partial charge on any atom is -0.507 e. The second-order valence-corrected chi connectivity index (χ2v) is 14.0. The van der Waals surface area contributed by atoms with Crippen molar-refractivity contribution in [1.82, 2.24) is 0 Å². The van der Waals surface area contributed by atoms with Crippen molar-refractivity contribution < 1.29 is 27.0 Å². The first kappa shape index (κ1) is 38.9. The maximum atomic E-state index is 11.5. The second-order valence-electron chi connectivity index (χ2n) is 14.0. The molecule has 2 atom stereocenters. The number of aliphatic imine (C=N–C) groups is 2. The quantitative estimate of drug-likeness (QED) is 0.202. The molecule has 1 aliphatic carbocycles. The van der Waals surface area contributed by atoms with Crippen molar-refractivity contribution in [2.24, 2.45) is 9.98 Å². The average molecular weight is 635 g/mol. The Morgan fingerprint density at radius 2 is 1.09 bits per heavy atom. The molecule has 0 heterocycles. The molecule has 2 aromatic rings. The van der Waals surface area contributed by atoms with E-state index in [-0.39, 0.29) is 52.5 Å². The summed E-state index contributed by atoms with van der Waals surface area (Å²) in [4.78, 5) is 10.1. The van der Waals surface area contributed by atoms with Gasteiger partial charge in [0.1, 0.15) is 11.5 Å². The standard InChI is InChI=1S/C37H56N2O2.CH3.Co/c1-11-36(9,12-2)29-20-25(5)19-26(33(29)40)23-38-31-17-15-16-18-32(31)39-24-27-21-28(35(6,7)8)22-30(34(27)41)37(10,13-3)14-4;;/h19-24,31-32,40-41H,11-18H2,1-10H3;1H3;/q;-1;. The van der Waals surface area contributed by atoms with E-state index in [1.54, 1.807) is 0 Å². The van der Waals surface area contributed by atoms with Crippen LogP contribution in [0.1, 0.15) is 147 Å². The van der Waals surface area contributed by atoms with Crippen molar-refractivity contribution in [3.63, 3.8) is 0 Å².